The minimum absolute atomic E-state index is 0.305. The van der Waals surface area contributed by atoms with Gasteiger partial charge in [0, 0.05) is 20.5 Å². The maximum absolute atomic E-state index is 11.2. The molecule has 0 aliphatic rings. The van der Waals surface area contributed by atoms with E-state index in [1.807, 2.05) is 6.92 Å². The predicted molar refractivity (Wildman–Crippen MR) is 71.0 cm³/mol. The Morgan fingerprint density at radius 2 is 1.53 bits per heavy atom. The molecular weight excluding hydrogens is 268 g/mol. The molecule has 0 N–H and O–H groups in total. The Balaban J connectivity index is 5.06. The molecule has 0 spiro atoms. The lowest BCUT2D eigenvalue weighted by Gasteiger charge is -2.31. The summed E-state index contributed by atoms with van der Waals surface area (Å²) in [6, 6.07) is 0. The summed E-state index contributed by atoms with van der Waals surface area (Å²) >= 11 is 0. The van der Waals surface area contributed by atoms with E-state index >= 15 is 0 Å². The molecule has 19 heavy (non-hydrogen) atoms. The Morgan fingerprint density at radius 3 is 1.84 bits per heavy atom. The molecule has 0 saturated carbocycles. The predicted octanol–water partition coefficient (Wildman–Crippen LogP) is 2.18. The Bertz CT molecular complexity index is 294. The van der Waals surface area contributed by atoms with Crippen molar-refractivity contribution in [2.45, 2.75) is 60.0 Å². The van der Waals surface area contributed by atoms with Crippen LogP contribution in [0.3, 0.4) is 0 Å². The third-order valence-electron chi connectivity index (χ3n) is 1.75. The van der Waals surface area contributed by atoms with Gasteiger partial charge in [-0.2, -0.15) is 0 Å². The first kappa shape index (κ1) is 18.1. The minimum Gasteiger partial charge on any atom is -0.442 e. The summed E-state index contributed by atoms with van der Waals surface area (Å²) < 4.78 is 21.3. The van der Waals surface area contributed by atoms with Crippen molar-refractivity contribution in [3.8, 4) is 0 Å². The van der Waals surface area contributed by atoms with Crippen LogP contribution in [0.1, 0.15) is 54.4 Å². The van der Waals surface area contributed by atoms with E-state index in [0.29, 0.717) is 6.61 Å². The fraction of sp³-hybridized carbons (Fsp3) is 0.833. The van der Waals surface area contributed by atoms with Crippen LogP contribution in [-0.4, -0.2) is 33.2 Å². The van der Waals surface area contributed by atoms with Crippen molar-refractivity contribution >= 4 is 21.0 Å². The van der Waals surface area contributed by atoms with E-state index in [1.54, 1.807) is 20.8 Å². The molecule has 0 aromatic carbocycles. The van der Waals surface area contributed by atoms with E-state index in [9.17, 15) is 9.59 Å². The van der Waals surface area contributed by atoms with Crippen LogP contribution < -0.4 is 0 Å². The van der Waals surface area contributed by atoms with Crippen molar-refractivity contribution in [2.24, 2.45) is 0 Å². The molecule has 6 nitrogen and oxygen atoms in total. The molecule has 0 aromatic rings. The van der Waals surface area contributed by atoms with Crippen molar-refractivity contribution in [3.05, 3.63) is 0 Å². The zero-order valence-corrected chi connectivity index (χ0v) is 13.6. The highest BCUT2D eigenvalue weighted by Crippen LogP contribution is 2.21. The molecule has 0 fully saturated rings. The first-order valence-corrected chi connectivity index (χ1v) is 7.97. The van der Waals surface area contributed by atoms with E-state index in [0.717, 1.165) is 12.8 Å². The SMILES string of the molecule is CCCCO[Si](OC(C)=O)(OC(C)=O)OC(C)(C)C. The van der Waals surface area contributed by atoms with Gasteiger partial charge < -0.3 is 17.7 Å². The third-order valence-corrected chi connectivity index (χ3v) is 4.24. The zero-order valence-electron chi connectivity index (χ0n) is 12.6. The standard InChI is InChI=1S/C12H24O6Si/c1-7-8-9-15-19(16-10(2)13,17-11(3)14)18-12(4,5)6/h7-9H2,1-6H3. The fourth-order valence-electron chi connectivity index (χ4n) is 1.22. The van der Waals surface area contributed by atoms with Crippen LogP contribution in [0.15, 0.2) is 0 Å². The van der Waals surface area contributed by atoms with E-state index in [1.165, 1.54) is 13.8 Å². The van der Waals surface area contributed by atoms with Crippen LogP contribution in [0.4, 0.5) is 0 Å². The molecule has 0 radical (unpaired) electrons. The van der Waals surface area contributed by atoms with Gasteiger partial charge in [0.15, 0.2) is 0 Å². The summed E-state index contributed by atoms with van der Waals surface area (Å²) in [4.78, 5) is 22.4. The van der Waals surface area contributed by atoms with Gasteiger partial charge in [-0.25, -0.2) is 0 Å². The molecule has 0 aromatic heterocycles. The summed E-state index contributed by atoms with van der Waals surface area (Å²) in [5.41, 5.74) is -0.663. The summed E-state index contributed by atoms with van der Waals surface area (Å²) in [7, 11) is -3.79. The molecule has 0 rings (SSSR count). The Morgan fingerprint density at radius 1 is 1.05 bits per heavy atom. The monoisotopic (exact) mass is 292 g/mol. The Labute approximate surface area is 115 Å². The second kappa shape index (κ2) is 7.61. The van der Waals surface area contributed by atoms with Gasteiger partial charge >= 0.3 is 9.05 Å². The molecule has 7 heteroatoms. The molecule has 0 heterocycles. The summed E-state index contributed by atoms with van der Waals surface area (Å²) in [5.74, 6) is -1.21. The van der Waals surface area contributed by atoms with Crippen molar-refractivity contribution in [2.75, 3.05) is 6.61 Å². The quantitative estimate of drug-likeness (QED) is 0.529. The normalized spacial score (nSPS) is 12.1. The molecule has 0 atom stereocenters. The van der Waals surface area contributed by atoms with Crippen molar-refractivity contribution in [1.29, 1.82) is 0 Å². The maximum Gasteiger partial charge on any atom is 0.825 e. The second-order valence-electron chi connectivity index (χ2n) is 5.10. The summed E-state index contributed by atoms with van der Waals surface area (Å²) in [5, 5.41) is 0. The number of hydrogen-bond acceptors (Lipinski definition) is 6. The highest BCUT2D eigenvalue weighted by molar-refractivity contribution is 6.57. The fourth-order valence-corrected chi connectivity index (χ4v) is 3.37. The van der Waals surface area contributed by atoms with Gasteiger partial charge in [-0.15, -0.1) is 0 Å². The number of hydrogen-bond donors (Lipinski definition) is 0. The number of carbonyl (C=O) groups is 2. The number of unbranched alkanes of at least 4 members (excludes halogenated alkanes) is 1. The van der Waals surface area contributed by atoms with Crippen LogP contribution >= 0.6 is 0 Å². The smallest absolute Gasteiger partial charge is 0.442 e. The first-order chi connectivity index (χ1) is 8.60. The van der Waals surface area contributed by atoms with Crippen LogP contribution in [-0.2, 0) is 27.3 Å². The van der Waals surface area contributed by atoms with Crippen LogP contribution in [0, 0.1) is 0 Å². The lowest BCUT2D eigenvalue weighted by Crippen LogP contribution is -2.55. The molecule has 0 aliphatic carbocycles. The average Bonchev–Trinajstić information content (AvgIpc) is 2.12. The minimum atomic E-state index is -3.79. The number of carbonyl (C=O) groups excluding carboxylic acids is 2. The Hall–Kier alpha value is -0.923. The molecule has 0 aliphatic heterocycles. The molecule has 0 bridgehead atoms. The molecule has 0 amide bonds. The lowest BCUT2D eigenvalue weighted by atomic mass is 10.2. The van der Waals surface area contributed by atoms with E-state index in [4.69, 9.17) is 17.7 Å². The van der Waals surface area contributed by atoms with Crippen LogP contribution in [0.5, 0.6) is 0 Å². The molecule has 0 unspecified atom stereocenters. The van der Waals surface area contributed by atoms with E-state index in [2.05, 4.69) is 0 Å². The average molecular weight is 292 g/mol. The van der Waals surface area contributed by atoms with Gasteiger partial charge in [-0.1, -0.05) is 13.3 Å². The molecule has 0 saturated heterocycles. The van der Waals surface area contributed by atoms with Gasteiger partial charge in [-0.05, 0) is 27.2 Å². The van der Waals surface area contributed by atoms with Crippen molar-refractivity contribution < 1.29 is 27.3 Å². The van der Waals surface area contributed by atoms with Crippen LogP contribution in [0.25, 0.3) is 0 Å². The van der Waals surface area contributed by atoms with Gasteiger partial charge in [0.05, 0.1) is 5.60 Å². The van der Waals surface area contributed by atoms with Crippen molar-refractivity contribution in [3.63, 3.8) is 0 Å². The molecular formula is C12H24O6Si. The Kier molecular flexibility index (Phi) is 7.24. The molecule has 112 valence electrons. The van der Waals surface area contributed by atoms with Gasteiger partial charge in [0.25, 0.3) is 11.9 Å². The lowest BCUT2D eigenvalue weighted by molar-refractivity contribution is -0.154. The van der Waals surface area contributed by atoms with Gasteiger partial charge in [0.2, 0.25) is 0 Å². The summed E-state index contributed by atoms with van der Waals surface area (Å²) in [6.07, 6.45) is 1.66. The van der Waals surface area contributed by atoms with Gasteiger partial charge in [0.1, 0.15) is 0 Å². The maximum atomic E-state index is 11.2. The van der Waals surface area contributed by atoms with E-state index < -0.39 is 26.6 Å². The third kappa shape index (κ3) is 8.74. The highest BCUT2D eigenvalue weighted by atomic mass is 28.4. The van der Waals surface area contributed by atoms with Crippen LogP contribution in [0.2, 0.25) is 0 Å². The number of rotatable bonds is 7. The summed E-state index contributed by atoms with van der Waals surface area (Å²) in [6.45, 7) is 10.1. The van der Waals surface area contributed by atoms with E-state index in [-0.39, 0.29) is 0 Å². The first-order valence-electron chi connectivity index (χ1n) is 6.33. The largest absolute Gasteiger partial charge is 0.825 e. The van der Waals surface area contributed by atoms with Crippen molar-refractivity contribution in [1.82, 2.24) is 0 Å². The highest BCUT2D eigenvalue weighted by Gasteiger charge is 2.56. The zero-order chi connectivity index (χ0) is 15.1. The second-order valence-corrected chi connectivity index (χ2v) is 7.00. The van der Waals surface area contributed by atoms with Gasteiger partial charge in [-0.3, -0.25) is 9.59 Å². The topological polar surface area (TPSA) is 71.1 Å².